The number of amides is 1. The van der Waals surface area contributed by atoms with E-state index in [2.05, 4.69) is 59.0 Å². The Balaban J connectivity index is 1.57. The van der Waals surface area contributed by atoms with Gasteiger partial charge in [0, 0.05) is 55.2 Å². The molecule has 1 aromatic carbocycles. The third-order valence-electron chi connectivity index (χ3n) is 6.33. The van der Waals surface area contributed by atoms with E-state index in [0.717, 1.165) is 43.2 Å². The number of carbonyl (C=O) groups excluding carboxylic acids is 1. The van der Waals surface area contributed by atoms with Crippen molar-refractivity contribution in [2.24, 2.45) is 0 Å². The van der Waals surface area contributed by atoms with Gasteiger partial charge in [-0.05, 0) is 50.8 Å². The molecule has 4 rings (SSSR count). The van der Waals surface area contributed by atoms with Crippen LogP contribution in [0, 0.1) is 13.8 Å². The van der Waals surface area contributed by atoms with Gasteiger partial charge in [0.05, 0.1) is 17.2 Å². The van der Waals surface area contributed by atoms with Crippen LogP contribution in [0.15, 0.2) is 24.3 Å². The second-order valence-electron chi connectivity index (χ2n) is 8.28. The van der Waals surface area contributed by atoms with Gasteiger partial charge >= 0.3 is 0 Å². The topological polar surface area (TPSA) is 59.4 Å². The van der Waals surface area contributed by atoms with Crippen LogP contribution in [-0.2, 0) is 17.8 Å². The summed E-state index contributed by atoms with van der Waals surface area (Å²) in [4.78, 5) is 16.4. The predicted molar refractivity (Wildman–Crippen MR) is 126 cm³/mol. The molecule has 3 heterocycles. The van der Waals surface area contributed by atoms with Crippen LogP contribution in [0.25, 0.3) is 10.1 Å². The SMILES string of the molecule is CCn1nc(C)c(CN2CC[C@H](c3c(C(=O)NCCOC)sc4ccccc34)C2)c1C. The quantitative estimate of drug-likeness (QED) is 0.536. The normalized spacial score (nSPS) is 17.0. The Morgan fingerprint density at radius 1 is 1.32 bits per heavy atom. The van der Waals surface area contributed by atoms with Crippen molar-refractivity contribution in [2.45, 2.75) is 46.2 Å². The molecule has 1 amide bonds. The summed E-state index contributed by atoms with van der Waals surface area (Å²) in [6.07, 6.45) is 1.07. The van der Waals surface area contributed by atoms with Crippen LogP contribution in [0.5, 0.6) is 0 Å². The standard InChI is InChI=1S/C24H32N4O2S/c1-5-28-17(3)20(16(2)26-28)15-27-12-10-18(14-27)22-19-8-6-7-9-21(19)31-23(22)24(29)25-11-13-30-4/h6-9,18H,5,10-15H2,1-4H3,(H,25,29)/t18-/m0/s1. The molecule has 1 aliphatic heterocycles. The summed E-state index contributed by atoms with van der Waals surface area (Å²) in [6, 6.07) is 8.40. The maximum atomic E-state index is 13.0. The molecule has 1 fully saturated rings. The summed E-state index contributed by atoms with van der Waals surface area (Å²) in [5, 5.41) is 8.93. The molecule has 31 heavy (non-hydrogen) atoms. The van der Waals surface area contributed by atoms with E-state index in [0.29, 0.717) is 19.1 Å². The van der Waals surface area contributed by atoms with Gasteiger partial charge < -0.3 is 10.1 Å². The highest BCUT2D eigenvalue weighted by molar-refractivity contribution is 7.21. The molecular weight excluding hydrogens is 408 g/mol. The fourth-order valence-electron chi connectivity index (χ4n) is 4.69. The van der Waals surface area contributed by atoms with E-state index in [4.69, 9.17) is 4.74 Å². The van der Waals surface area contributed by atoms with Gasteiger partial charge in [0.15, 0.2) is 0 Å². The van der Waals surface area contributed by atoms with Crippen molar-refractivity contribution in [3.63, 3.8) is 0 Å². The van der Waals surface area contributed by atoms with E-state index < -0.39 is 0 Å². The maximum absolute atomic E-state index is 13.0. The molecule has 0 unspecified atom stereocenters. The van der Waals surface area contributed by atoms with E-state index in [1.54, 1.807) is 18.4 Å². The lowest BCUT2D eigenvalue weighted by atomic mass is 9.95. The molecule has 1 atom stereocenters. The first-order chi connectivity index (χ1) is 15.0. The first-order valence-corrected chi connectivity index (χ1v) is 11.9. The molecule has 3 aromatic rings. The third-order valence-corrected chi connectivity index (χ3v) is 7.51. The second-order valence-corrected chi connectivity index (χ2v) is 9.33. The summed E-state index contributed by atoms with van der Waals surface area (Å²) >= 11 is 1.61. The van der Waals surface area contributed by atoms with E-state index in [-0.39, 0.29) is 5.91 Å². The molecule has 1 saturated heterocycles. The van der Waals surface area contributed by atoms with Crippen molar-refractivity contribution in [2.75, 3.05) is 33.4 Å². The van der Waals surface area contributed by atoms with Crippen molar-refractivity contribution in [1.29, 1.82) is 0 Å². The number of likely N-dealkylation sites (tertiary alicyclic amines) is 1. The Morgan fingerprint density at radius 2 is 2.13 bits per heavy atom. The number of hydrogen-bond acceptors (Lipinski definition) is 5. The van der Waals surface area contributed by atoms with E-state index in [1.165, 1.54) is 26.9 Å². The molecule has 6 nitrogen and oxygen atoms in total. The number of nitrogens with one attached hydrogen (secondary N) is 1. The second kappa shape index (κ2) is 9.51. The van der Waals surface area contributed by atoms with Crippen molar-refractivity contribution in [1.82, 2.24) is 20.0 Å². The molecule has 0 bridgehead atoms. The van der Waals surface area contributed by atoms with Gasteiger partial charge in [-0.25, -0.2) is 0 Å². The number of rotatable bonds is 8. The van der Waals surface area contributed by atoms with Crippen LogP contribution >= 0.6 is 11.3 Å². The number of ether oxygens (including phenoxy) is 1. The highest BCUT2D eigenvalue weighted by Crippen LogP contribution is 2.40. The number of fused-ring (bicyclic) bond motifs is 1. The lowest BCUT2D eigenvalue weighted by Crippen LogP contribution is -2.27. The predicted octanol–water partition coefficient (Wildman–Crippen LogP) is 4.10. The highest BCUT2D eigenvalue weighted by atomic mass is 32.1. The number of thiophene rings is 1. The number of methoxy groups -OCH3 is 1. The minimum absolute atomic E-state index is 0.0163. The summed E-state index contributed by atoms with van der Waals surface area (Å²) in [5.74, 6) is 0.378. The fraction of sp³-hybridized carbons (Fsp3) is 0.500. The molecule has 166 valence electrons. The van der Waals surface area contributed by atoms with Crippen molar-refractivity contribution in [3.8, 4) is 0 Å². The van der Waals surface area contributed by atoms with E-state index in [9.17, 15) is 4.79 Å². The number of aryl methyl sites for hydroxylation is 2. The zero-order valence-electron chi connectivity index (χ0n) is 18.9. The van der Waals surface area contributed by atoms with Crippen LogP contribution in [0.3, 0.4) is 0 Å². The van der Waals surface area contributed by atoms with Crippen molar-refractivity contribution >= 4 is 27.3 Å². The molecule has 0 saturated carbocycles. The van der Waals surface area contributed by atoms with Gasteiger partial charge in [-0.2, -0.15) is 5.10 Å². The van der Waals surface area contributed by atoms with Crippen LogP contribution in [-0.4, -0.2) is 53.9 Å². The number of hydrogen-bond donors (Lipinski definition) is 1. The monoisotopic (exact) mass is 440 g/mol. The summed E-state index contributed by atoms with van der Waals surface area (Å²) in [6.45, 7) is 11.3. The zero-order chi connectivity index (χ0) is 22.0. The molecule has 0 radical (unpaired) electrons. The number of carbonyl (C=O) groups is 1. The minimum Gasteiger partial charge on any atom is -0.383 e. The summed E-state index contributed by atoms with van der Waals surface area (Å²) in [5.41, 5.74) is 4.95. The minimum atomic E-state index is 0.0163. The maximum Gasteiger partial charge on any atom is 0.261 e. The van der Waals surface area contributed by atoms with E-state index in [1.807, 2.05) is 6.07 Å². The number of benzene rings is 1. The third kappa shape index (κ3) is 4.40. The van der Waals surface area contributed by atoms with Crippen LogP contribution in [0.1, 0.15) is 51.4 Å². The van der Waals surface area contributed by atoms with Gasteiger partial charge in [0.1, 0.15) is 0 Å². The van der Waals surface area contributed by atoms with Gasteiger partial charge in [-0.1, -0.05) is 18.2 Å². The molecule has 2 aromatic heterocycles. The molecule has 7 heteroatoms. The van der Waals surface area contributed by atoms with Gasteiger partial charge in [0.2, 0.25) is 0 Å². The highest BCUT2D eigenvalue weighted by Gasteiger charge is 2.31. The van der Waals surface area contributed by atoms with E-state index >= 15 is 0 Å². The Hall–Kier alpha value is -2.22. The van der Waals surface area contributed by atoms with Gasteiger partial charge in [-0.3, -0.25) is 14.4 Å². The Labute approximate surface area is 188 Å². The largest absolute Gasteiger partial charge is 0.383 e. The molecule has 0 spiro atoms. The Morgan fingerprint density at radius 3 is 2.87 bits per heavy atom. The lowest BCUT2D eigenvalue weighted by Gasteiger charge is -2.17. The van der Waals surface area contributed by atoms with Gasteiger partial charge in [0.25, 0.3) is 5.91 Å². The summed E-state index contributed by atoms with van der Waals surface area (Å²) in [7, 11) is 1.65. The fourth-order valence-corrected chi connectivity index (χ4v) is 5.90. The Kier molecular flexibility index (Phi) is 6.74. The number of nitrogens with zero attached hydrogens (tertiary/aromatic N) is 3. The van der Waals surface area contributed by atoms with Crippen LogP contribution in [0.4, 0.5) is 0 Å². The average Bonchev–Trinajstić information content (AvgIpc) is 3.45. The zero-order valence-corrected chi connectivity index (χ0v) is 19.7. The lowest BCUT2D eigenvalue weighted by molar-refractivity contribution is 0.0940. The van der Waals surface area contributed by atoms with Crippen molar-refractivity contribution in [3.05, 3.63) is 51.7 Å². The average molecular weight is 441 g/mol. The molecule has 0 aliphatic carbocycles. The van der Waals surface area contributed by atoms with Crippen LogP contribution < -0.4 is 5.32 Å². The van der Waals surface area contributed by atoms with Gasteiger partial charge in [-0.15, -0.1) is 11.3 Å². The van der Waals surface area contributed by atoms with Crippen LogP contribution in [0.2, 0.25) is 0 Å². The first-order valence-electron chi connectivity index (χ1n) is 11.1. The Bertz CT molecular complexity index is 1070. The molecule has 1 aliphatic rings. The summed E-state index contributed by atoms with van der Waals surface area (Å²) < 4.78 is 8.37. The molecular formula is C24H32N4O2S. The smallest absolute Gasteiger partial charge is 0.261 e. The first kappa shape index (κ1) is 22.0. The van der Waals surface area contributed by atoms with Crippen molar-refractivity contribution < 1.29 is 9.53 Å². The number of aromatic nitrogens is 2. The molecule has 1 N–H and O–H groups in total.